The van der Waals surface area contributed by atoms with E-state index < -0.39 is 35.9 Å². The fourth-order valence-electron chi connectivity index (χ4n) is 0.707. The lowest BCUT2D eigenvalue weighted by Gasteiger charge is -2.37. The minimum Gasteiger partial charge on any atom is -0.479 e. The number of carbonyl (C=O) groups is 2. The number of carbonyl (C=O) groups excluding carboxylic acids is 1. The Bertz CT molecular complexity index is 264. The normalized spacial score (nSPS) is 23.3. The zero-order valence-corrected chi connectivity index (χ0v) is 7.44. The highest BCUT2D eigenvalue weighted by Gasteiger charge is 2.53. The molecule has 15 heavy (non-hydrogen) atoms. The molecule has 0 aliphatic rings. The molecule has 0 heterocycles. The number of hydrogen-bond donors (Lipinski definition) is 7. The average Bonchev–Trinajstić information content (AvgIpc) is 2.14. The minimum atomic E-state index is -3.20. The molecule has 0 aliphatic carbocycles. The monoisotopic (exact) mass is 224 g/mol. The second kappa shape index (κ2) is 4.18. The van der Waals surface area contributed by atoms with Gasteiger partial charge in [0, 0.05) is 0 Å². The van der Waals surface area contributed by atoms with Crippen molar-refractivity contribution in [2.45, 2.75) is 23.7 Å². The maximum Gasteiger partial charge on any atom is 0.335 e. The topological polar surface area (TPSA) is 187 Å². The molecule has 0 aliphatic heterocycles. The Morgan fingerprint density at radius 1 is 1.27 bits per heavy atom. The maximum atomic E-state index is 10.2. The molecule has 9 nitrogen and oxygen atoms in total. The summed E-state index contributed by atoms with van der Waals surface area (Å²) >= 11 is 0. The smallest absolute Gasteiger partial charge is 0.335 e. The van der Waals surface area contributed by atoms with Gasteiger partial charge in [0.25, 0.3) is 0 Å². The summed E-state index contributed by atoms with van der Waals surface area (Å²) in [7, 11) is 0. The first-order valence-corrected chi connectivity index (χ1v) is 3.65. The van der Waals surface area contributed by atoms with E-state index in [9.17, 15) is 14.7 Å². The quantitative estimate of drug-likeness (QED) is 0.178. The molecule has 2 unspecified atom stereocenters. The zero-order chi connectivity index (χ0) is 12.4. The molecule has 9 N–H and O–H groups in total. The minimum absolute atomic E-state index is 0.398. The SMILES string of the molecule is N[C@](O)(C=O)[C@@](N)(O)C(O)C(O)C(=O)O. The molecular weight excluding hydrogens is 212 g/mol. The molecule has 0 rings (SSSR count). The van der Waals surface area contributed by atoms with Crippen molar-refractivity contribution in [1.82, 2.24) is 0 Å². The molecule has 0 saturated carbocycles. The second-order valence-electron chi connectivity index (χ2n) is 3.00. The van der Waals surface area contributed by atoms with Gasteiger partial charge in [0.2, 0.25) is 5.72 Å². The van der Waals surface area contributed by atoms with Gasteiger partial charge in [-0.1, -0.05) is 0 Å². The highest BCUT2D eigenvalue weighted by atomic mass is 16.4. The molecule has 0 aromatic rings. The molecular formula is C6H12N2O7. The third-order valence-electron chi connectivity index (χ3n) is 1.82. The van der Waals surface area contributed by atoms with E-state index in [2.05, 4.69) is 0 Å². The number of nitrogens with two attached hydrogens (primary N) is 2. The zero-order valence-electron chi connectivity index (χ0n) is 7.44. The molecule has 9 heteroatoms. The van der Waals surface area contributed by atoms with Crippen LogP contribution in [-0.2, 0) is 9.59 Å². The summed E-state index contributed by atoms with van der Waals surface area (Å²) in [6.45, 7) is 0. The molecule has 0 amide bonds. The van der Waals surface area contributed by atoms with Gasteiger partial charge in [0.05, 0.1) is 0 Å². The molecule has 4 atom stereocenters. The molecule has 0 spiro atoms. The Hall–Kier alpha value is -1.10. The van der Waals surface area contributed by atoms with Crippen molar-refractivity contribution in [3.63, 3.8) is 0 Å². The standard InChI is InChI=1S/C6H12N2O7/c7-5(14,1-9)6(8,15)3(11)2(10)4(12)13/h1-3,10-11,14-15H,7-8H2,(H,12,13)/t2?,3?,5-,6-/m0/s1. The first kappa shape index (κ1) is 13.9. The summed E-state index contributed by atoms with van der Waals surface area (Å²) in [4.78, 5) is 20.4. The van der Waals surface area contributed by atoms with Crippen LogP contribution in [0.2, 0.25) is 0 Å². The van der Waals surface area contributed by atoms with E-state index in [0.717, 1.165) is 0 Å². The van der Waals surface area contributed by atoms with Crippen LogP contribution < -0.4 is 11.5 Å². The van der Waals surface area contributed by atoms with Crippen LogP contribution in [0.1, 0.15) is 0 Å². The van der Waals surface area contributed by atoms with Crippen molar-refractivity contribution in [2.75, 3.05) is 0 Å². The largest absolute Gasteiger partial charge is 0.479 e. The molecule has 0 aromatic carbocycles. The van der Waals surface area contributed by atoms with Crippen LogP contribution in [0.15, 0.2) is 0 Å². The lowest BCUT2D eigenvalue weighted by Crippen LogP contribution is -2.75. The van der Waals surface area contributed by atoms with Crippen LogP contribution in [0.5, 0.6) is 0 Å². The lowest BCUT2D eigenvalue weighted by atomic mass is 9.92. The number of carboxylic acid groups (broad SMARTS) is 1. The van der Waals surface area contributed by atoms with E-state index in [1.807, 2.05) is 0 Å². The van der Waals surface area contributed by atoms with Gasteiger partial charge >= 0.3 is 5.97 Å². The Balaban J connectivity index is 5.03. The summed E-state index contributed by atoms with van der Waals surface area (Å²) in [6, 6.07) is 0. The third-order valence-corrected chi connectivity index (χ3v) is 1.82. The lowest BCUT2D eigenvalue weighted by molar-refractivity contribution is -0.214. The van der Waals surface area contributed by atoms with Gasteiger partial charge in [-0.2, -0.15) is 0 Å². The first-order chi connectivity index (χ1) is 6.58. The third kappa shape index (κ3) is 2.47. The highest BCUT2D eigenvalue weighted by molar-refractivity contribution is 5.73. The van der Waals surface area contributed by atoms with E-state index in [4.69, 9.17) is 31.9 Å². The Morgan fingerprint density at radius 2 is 1.67 bits per heavy atom. The summed E-state index contributed by atoms with van der Waals surface area (Å²) in [5.74, 6) is -1.91. The number of hydrogen-bond acceptors (Lipinski definition) is 8. The number of rotatable bonds is 5. The van der Waals surface area contributed by atoms with E-state index >= 15 is 0 Å². The second-order valence-corrected chi connectivity index (χ2v) is 3.00. The van der Waals surface area contributed by atoms with Gasteiger partial charge in [0.15, 0.2) is 18.1 Å². The van der Waals surface area contributed by atoms with Gasteiger partial charge in [-0.3, -0.25) is 16.3 Å². The van der Waals surface area contributed by atoms with E-state index in [1.54, 1.807) is 0 Å². The van der Waals surface area contributed by atoms with E-state index in [0.29, 0.717) is 0 Å². The Kier molecular flexibility index (Phi) is 3.88. The van der Waals surface area contributed by atoms with Crippen LogP contribution in [0.4, 0.5) is 0 Å². The molecule has 0 aromatic heterocycles. The fraction of sp³-hybridized carbons (Fsp3) is 0.667. The van der Waals surface area contributed by atoms with Gasteiger partial charge < -0.3 is 25.5 Å². The number of aliphatic hydroxyl groups excluding tert-OH is 2. The fourth-order valence-corrected chi connectivity index (χ4v) is 0.707. The maximum absolute atomic E-state index is 10.2. The van der Waals surface area contributed by atoms with Crippen molar-refractivity contribution >= 4 is 12.3 Å². The van der Waals surface area contributed by atoms with Gasteiger partial charge in [-0.15, -0.1) is 0 Å². The van der Waals surface area contributed by atoms with Crippen LogP contribution >= 0.6 is 0 Å². The average molecular weight is 224 g/mol. The summed E-state index contributed by atoms with van der Waals surface area (Å²) in [5.41, 5.74) is 3.35. The Morgan fingerprint density at radius 3 is 1.93 bits per heavy atom. The van der Waals surface area contributed by atoms with Crippen LogP contribution in [0.25, 0.3) is 0 Å². The number of aliphatic carboxylic acids is 1. The first-order valence-electron chi connectivity index (χ1n) is 3.65. The van der Waals surface area contributed by atoms with Crippen LogP contribution in [0.3, 0.4) is 0 Å². The van der Waals surface area contributed by atoms with Crippen molar-refractivity contribution < 1.29 is 35.1 Å². The highest BCUT2D eigenvalue weighted by Crippen LogP contribution is 2.17. The van der Waals surface area contributed by atoms with E-state index in [-0.39, 0.29) is 0 Å². The molecule has 0 saturated heterocycles. The molecule has 0 fully saturated rings. The number of aliphatic hydroxyl groups is 4. The molecule has 0 bridgehead atoms. The van der Waals surface area contributed by atoms with Crippen molar-refractivity contribution in [3.8, 4) is 0 Å². The van der Waals surface area contributed by atoms with Crippen molar-refractivity contribution in [3.05, 3.63) is 0 Å². The number of carboxylic acids is 1. The summed E-state index contributed by atoms with van der Waals surface area (Å²) in [6.07, 6.45) is -5.45. The molecule has 0 radical (unpaired) electrons. The van der Waals surface area contributed by atoms with Gasteiger partial charge in [-0.05, 0) is 0 Å². The van der Waals surface area contributed by atoms with Crippen LogP contribution in [0, 0.1) is 0 Å². The summed E-state index contributed by atoms with van der Waals surface area (Å²) < 4.78 is 0. The van der Waals surface area contributed by atoms with Crippen LogP contribution in [-0.4, -0.2) is 61.4 Å². The molecule has 88 valence electrons. The Labute approximate surface area is 83.5 Å². The van der Waals surface area contributed by atoms with Gasteiger partial charge in [-0.25, -0.2) is 4.79 Å². The van der Waals surface area contributed by atoms with E-state index in [1.165, 1.54) is 0 Å². The summed E-state index contributed by atoms with van der Waals surface area (Å²) in [5, 5.41) is 44.4. The van der Waals surface area contributed by atoms with Crippen molar-refractivity contribution in [2.24, 2.45) is 11.5 Å². The number of aldehydes is 1. The van der Waals surface area contributed by atoms with Gasteiger partial charge in [0.1, 0.15) is 6.10 Å². The predicted molar refractivity (Wildman–Crippen MR) is 44.0 cm³/mol. The predicted octanol–water partition coefficient (Wildman–Crippen LogP) is -4.71. The van der Waals surface area contributed by atoms with Crippen molar-refractivity contribution in [1.29, 1.82) is 0 Å².